The number of alkyl halides is 2. The van der Waals surface area contributed by atoms with Crippen molar-refractivity contribution in [1.82, 2.24) is 4.90 Å². The first-order valence-electron chi connectivity index (χ1n) is 8.40. The van der Waals surface area contributed by atoms with Crippen LogP contribution in [0, 0.1) is 6.92 Å². The molecule has 1 atom stereocenters. The van der Waals surface area contributed by atoms with Gasteiger partial charge in [0.2, 0.25) is 0 Å². The molecule has 2 aromatic carbocycles. The average Bonchev–Trinajstić information content (AvgIpc) is 2.63. The Morgan fingerprint density at radius 2 is 1.74 bits per heavy atom. The van der Waals surface area contributed by atoms with E-state index in [0.717, 1.165) is 5.56 Å². The minimum atomic E-state index is -2.94. The number of hydrogen-bond acceptors (Lipinski definition) is 4. The van der Waals surface area contributed by atoms with E-state index in [9.17, 15) is 13.6 Å². The molecule has 2 rings (SSSR count). The van der Waals surface area contributed by atoms with Crippen molar-refractivity contribution in [1.29, 1.82) is 0 Å². The molecule has 27 heavy (non-hydrogen) atoms. The fraction of sp³-hybridized carbons (Fsp3) is 0.350. The van der Waals surface area contributed by atoms with Crippen molar-refractivity contribution in [2.24, 2.45) is 0 Å². The van der Waals surface area contributed by atoms with Gasteiger partial charge < -0.3 is 19.1 Å². The molecule has 0 saturated heterocycles. The highest BCUT2D eigenvalue weighted by Gasteiger charge is 2.20. The van der Waals surface area contributed by atoms with Gasteiger partial charge in [0, 0.05) is 13.6 Å². The summed E-state index contributed by atoms with van der Waals surface area (Å²) in [5.74, 6) is 0.534. The number of ether oxygens (including phenoxy) is 3. The maximum Gasteiger partial charge on any atom is 0.387 e. The lowest BCUT2D eigenvalue weighted by atomic mass is 10.2. The van der Waals surface area contributed by atoms with Crippen LogP contribution in [0.3, 0.4) is 0 Å². The molecule has 1 unspecified atom stereocenters. The van der Waals surface area contributed by atoms with E-state index in [-0.39, 0.29) is 24.0 Å². The highest BCUT2D eigenvalue weighted by molar-refractivity contribution is 5.80. The van der Waals surface area contributed by atoms with Crippen LogP contribution in [0.5, 0.6) is 17.2 Å². The first-order chi connectivity index (χ1) is 12.8. The van der Waals surface area contributed by atoms with Crippen LogP contribution in [-0.2, 0) is 11.3 Å². The van der Waals surface area contributed by atoms with Gasteiger partial charge in [0.1, 0.15) is 5.75 Å². The van der Waals surface area contributed by atoms with Crippen LogP contribution in [0.25, 0.3) is 0 Å². The summed E-state index contributed by atoms with van der Waals surface area (Å²) in [6, 6.07) is 12.0. The van der Waals surface area contributed by atoms with Gasteiger partial charge in [-0.25, -0.2) is 0 Å². The van der Waals surface area contributed by atoms with Crippen LogP contribution in [-0.4, -0.2) is 37.7 Å². The third-order valence-electron chi connectivity index (χ3n) is 3.92. The Kier molecular flexibility index (Phi) is 6.98. The number of nitrogens with zero attached hydrogens (tertiary/aromatic N) is 1. The lowest BCUT2D eigenvalue weighted by molar-refractivity contribution is -0.137. The van der Waals surface area contributed by atoms with E-state index in [4.69, 9.17) is 9.47 Å². The van der Waals surface area contributed by atoms with Crippen LogP contribution >= 0.6 is 0 Å². The third-order valence-corrected chi connectivity index (χ3v) is 3.92. The molecule has 1 amide bonds. The van der Waals surface area contributed by atoms with E-state index in [1.165, 1.54) is 18.1 Å². The van der Waals surface area contributed by atoms with E-state index in [1.54, 1.807) is 26.1 Å². The largest absolute Gasteiger partial charge is 0.493 e. The number of methoxy groups -OCH3 is 1. The Morgan fingerprint density at radius 3 is 2.33 bits per heavy atom. The molecule has 0 heterocycles. The van der Waals surface area contributed by atoms with E-state index in [2.05, 4.69) is 4.74 Å². The highest BCUT2D eigenvalue weighted by Crippen LogP contribution is 2.29. The van der Waals surface area contributed by atoms with Crippen molar-refractivity contribution in [3.8, 4) is 17.2 Å². The third kappa shape index (κ3) is 5.84. The number of benzene rings is 2. The van der Waals surface area contributed by atoms with Crippen molar-refractivity contribution >= 4 is 5.91 Å². The number of rotatable bonds is 8. The predicted molar refractivity (Wildman–Crippen MR) is 97.4 cm³/mol. The molecule has 0 fully saturated rings. The zero-order valence-corrected chi connectivity index (χ0v) is 15.7. The Labute approximate surface area is 157 Å². The van der Waals surface area contributed by atoms with Gasteiger partial charge in [-0.05, 0) is 43.7 Å². The summed E-state index contributed by atoms with van der Waals surface area (Å²) in [4.78, 5) is 14.0. The zero-order chi connectivity index (χ0) is 20.0. The van der Waals surface area contributed by atoms with Crippen LogP contribution in [0.2, 0.25) is 0 Å². The summed E-state index contributed by atoms with van der Waals surface area (Å²) in [7, 11) is 3.01. The van der Waals surface area contributed by atoms with Gasteiger partial charge in [-0.2, -0.15) is 8.78 Å². The fourth-order valence-electron chi connectivity index (χ4n) is 2.54. The number of likely N-dealkylation sites (N-methyl/N-ethyl adjacent to an activating group) is 1. The molecular formula is C20H23F2NO4. The van der Waals surface area contributed by atoms with Crippen molar-refractivity contribution in [3.05, 3.63) is 53.6 Å². The van der Waals surface area contributed by atoms with Crippen molar-refractivity contribution in [2.45, 2.75) is 33.1 Å². The molecule has 0 aliphatic heterocycles. The van der Waals surface area contributed by atoms with Crippen molar-refractivity contribution in [3.63, 3.8) is 0 Å². The molecule has 0 spiro atoms. The molecule has 0 N–H and O–H groups in total. The Balaban J connectivity index is 2.01. The molecular weight excluding hydrogens is 356 g/mol. The topological polar surface area (TPSA) is 48.0 Å². The molecule has 0 saturated carbocycles. The lowest BCUT2D eigenvalue weighted by Gasteiger charge is -2.22. The molecule has 146 valence electrons. The molecule has 0 bridgehead atoms. The molecule has 2 aromatic rings. The molecule has 0 aliphatic carbocycles. The average molecular weight is 379 g/mol. The van der Waals surface area contributed by atoms with E-state index in [1.807, 2.05) is 31.2 Å². The van der Waals surface area contributed by atoms with Gasteiger partial charge in [-0.15, -0.1) is 0 Å². The summed E-state index contributed by atoms with van der Waals surface area (Å²) in [5, 5.41) is 0. The second-order valence-corrected chi connectivity index (χ2v) is 6.13. The van der Waals surface area contributed by atoms with Crippen molar-refractivity contribution < 1.29 is 27.8 Å². The second kappa shape index (κ2) is 9.21. The molecule has 7 heteroatoms. The molecule has 0 aliphatic rings. The Hall–Kier alpha value is -2.83. The first-order valence-corrected chi connectivity index (χ1v) is 8.40. The number of aryl methyl sites for hydroxylation is 1. The van der Waals surface area contributed by atoms with Gasteiger partial charge in [-0.3, -0.25) is 4.79 Å². The summed E-state index contributed by atoms with van der Waals surface area (Å²) < 4.78 is 40.0. The van der Waals surface area contributed by atoms with Crippen LogP contribution in [0.4, 0.5) is 8.78 Å². The van der Waals surface area contributed by atoms with Crippen LogP contribution in [0.1, 0.15) is 18.1 Å². The van der Waals surface area contributed by atoms with Gasteiger partial charge in [0.25, 0.3) is 5.91 Å². The SMILES string of the molecule is COc1cc(CN(C)C(=O)C(C)Oc2ccc(C)cc2)ccc1OC(F)F. The normalized spacial score (nSPS) is 11.8. The standard InChI is InChI=1S/C20H23F2NO4/c1-13-5-8-16(9-6-13)26-14(2)19(24)23(3)12-15-7-10-17(27-20(21)22)18(11-15)25-4/h5-11,14,20H,12H2,1-4H3. The minimum Gasteiger partial charge on any atom is -0.493 e. The maximum atomic E-state index is 12.5. The first kappa shape index (κ1) is 20.5. The summed E-state index contributed by atoms with van der Waals surface area (Å²) >= 11 is 0. The zero-order valence-electron chi connectivity index (χ0n) is 15.7. The van der Waals surface area contributed by atoms with E-state index < -0.39 is 12.7 Å². The number of amides is 1. The highest BCUT2D eigenvalue weighted by atomic mass is 19.3. The van der Waals surface area contributed by atoms with Gasteiger partial charge in [0.15, 0.2) is 17.6 Å². The molecule has 0 aromatic heterocycles. The molecule has 5 nitrogen and oxygen atoms in total. The molecule has 0 radical (unpaired) electrons. The smallest absolute Gasteiger partial charge is 0.387 e. The van der Waals surface area contributed by atoms with Gasteiger partial charge >= 0.3 is 6.61 Å². The second-order valence-electron chi connectivity index (χ2n) is 6.13. The summed E-state index contributed by atoms with van der Waals surface area (Å²) in [6.07, 6.45) is -0.666. The summed E-state index contributed by atoms with van der Waals surface area (Å²) in [5.41, 5.74) is 1.82. The van der Waals surface area contributed by atoms with Crippen molar-refractivity contribution in [2.75, 3.05) is 14.2 Å². The number of carbonyl (C=O) groups excluding carboxylic acids is 1. The Bertz CT molecular complexity index is 765. The van der Waals surface area contributed by atoms with E-state index >= 15 is 0 Å². The Morgan fingerprint density at radius 1 is 1.07 bits per heavy atom. The van der Waals surface area contributed by atoms with Crippen LogP contribution in [0.15, 0.2) is 42.5 Å². The summed E-state index contributed by atoms with van der Waals surface area (Å²) in [6.45, 7) is 0.983. The number of hydrogen-bond donors (Lipinski definition) is 0. The van der Waals surface area contributed by atoms with E-state index in [0.29, 0.717) is 11.3 Å². The quantitative estimate of drug-likeness (QED) is 0.695. The van der Waals surface area contributed by atoms with Gasteiger partial charge in [-0.1, -0.05) is 23.8 Å². The lowest BCUT2D eigenvalue weighted by Crippen LogP contribution is -2.37. The van der Waals surface area contributed by atoms with Gasteiger partial charge in [0.05, 0.1) is 7.11 Å². The monoisotopic (exact) mass is 379 g/mol. The maximum absolute atomic E-state index is 12.5. The number of halogens is 2. The fourth-order valence-corrected chi connectivity index (χ4v) is 2.54. The minimum absolute atomic E-state index is 0.0543. The van der Waals surface area contributed by atoms with Crippen LogP contribution < -0.4 is 14.2 Å². The number of carbonyl (C=O) groups is 1. The predicted octanol–water partition coefficient (Wildman–Crippen LogP) is 4.03.